The summed E-state index contributed by atoms with van der Waals surface area (Å²) in [5.41, 5.74) is 0.416. The number of carbonyl (C=O) groups excluding carboxylic acids is 5. The molecule has 2 heterocycles. The lowest BCUT2D eigenvalue weighted by Gasteiger charge is -2.56. The van der Waals surface area contributed by atoms with Gasteiger partial charge in [0.1, 0.15) is 23.9 Å². The third kappa shape index (κ3) is 6.45. The Labute approximate surface area is 272 Å². The minimum atomic E-state index is -1.29. The highest BCUT2D eigenvalue weighted by Gasteiger charge is 2.50. The Hall–Kier alpha value is -4.74. The van der Waals surface area contributed by atoms with Crippen molar-refractivity contribution in [2.45, 2.75) is 70.5 Å². The van der Waals surface area contributed by atoms with E-state index in [9.17, 15) is 28.8 Å². The van der Waals surface area contributed by atoms with E-state index < -0.39 is 35.1 Å². The Morgan fingerprint density at radius 3 is 2.32 bits per heavy atom. The molecule has 0 spiro atoms. The number of anilines is 1. The summed E-state index contributed by atoms with van der Waals surface area (Å²) in [6, 6.07) is 8.99. The summed E-state index contributed by atoms with van der Waals surface area (Å²) in [5, 5.41) is 8.17. The first-order chi connectivity index (χ1) is 22.5. The van der Waals surface area contributed by atoms with Crippen molar-refractivity contribution >= 4 is 46.1 Å². The molecule has 2 aromatic heterocycles. The van der Waals surface area contributed by atoms with Gasteiger partial charge in [0.05, 0.1) is 0 Å². The summed E-state index contributed by atoms with van der Waals surface area (Å²) in [5.74, 6) is -0.615. The van der Waals surface area contributed by atoms with Crippen LogP contribution < -0.4 is 21.5 Å². The number of aryl methyl sites for hydroxylation is 1. The van der Waals surface area contributed by atoms with Crippen LogP contribution in [-0.2, 0) is 25.7 Å². The van der Waals surface area contributed by atoms with Crippen molar-refractivity contribution in [3.8, 4) is 0 Å². The van der Waals surface area contributed by atoms with E-state index in [4.69, 9.17) is 4.42 Å². The standard InChI is InChI=1S/C35H41N5O7/c1-19-24-7-4-5-9-28(24)47-31(19)34(45)37-25(10-11-27(41)33(44)36-2)32(43)38-26-8-6-12-40(35(26)46)18-29(42)39(3)30-22-14-20-13-21(16-22)17-23(30)15-20/h4-9,12,20-23,25,30H,10-11,13-18H2,1-3H3,(H,36,44)(H,37,45)(H,38,43)/t20?,21?,22?,23?,25-,30?/m0/s1. The van der Waals surface area contributed by atoms with Gasteiger partial charge in [0.2, 0.25) is 17.6 Å². The average Bonchev–Trinajstić information content (AvgIpc) is 3.39. The summed E-state index contributed by atoms with van der Waals surface area (Å²) < 4.78 is 7.01. The Kier molecular flexibility index (Phi) is 9.03. The van der Waals surface area contributed by atoms with Gasteiger partial charge in [-0.3, -0.25) is 28.8 Å². The summed E-state index contributed by atoms with van der Waals surface area (Å²) in [6.07, 6.45) is 6.95. The second kappa shape index (κ2) is 13.2. The molecule has 1 atom stereocenters. The maximum atomic E-state index is 13.5. The van der Waals surface area contributed by atoms with E-state index in [2.05, 4.69) is 16.0 Å². The lowest BCUT2D eigenvalue weighted by molar-refractivity contribution is -0.141. The Morgan fingerprint density at radius 2 is 1.66 bits per heavy atom. The first-order valence-corrected chi connectivity index (χ1v) is 16.3. The molecule has 4 aliphatic rings. The first-order valence-electron chi connectivity index (χ1n) is 16.3. The highest BCUT2D eigenvalue weighted by Crippen LogP contribution is 2.55. The molecular weight excluding hydrogens is 602 g/mol. The molecule has 0 unspecified atom stereocenters. The molecule has 4 amide bonds. The van der Waals surface area contributed by atoms with Crippen LogP contribution in [0.3, 0.4) is 0 Å². The van der Waals surface area contributed by atoms with Crippen LogP contribution in [0.5, 0.6) is 0 Å². The number of para-hydroxylation sites is 1. The molecule has 248 valence electrons. The van der Waals surface area contributed by atoms with Crippen LogP contribution in [0, 0.1) is 30.6 Å². The minimum Gasteiger partial charge on any atom is -0.451 e. The predicted molar refractivity (Wildman–Crippen MR) is 173 cm³/mol. The normalized spacial score (nSPS) is 23.3. The Morgan fingerprint density at radius 1 is 0.979 bits per heavy atom. The van der Waals surface area contributed by atoms with Crippen molar-refractivity contribution in [1.82, 2.24) is 20.1 Å². The fraction of sp³-hybridized carbons (Fsp3) is 0.486. The molecule has 4 fully saturated rings. The van der Waals surface area contributed by atoms with Gasteiger partial charge in [-0.2, -0.15) is 0 Å². The van der Waals surface area contributed by atoms with E-state index in [0.29, 0.717) is 23.0 Å². The van der Waals surface area contributed by atoms with Crippen LogP contribution in [0.4, 0.5) is 5.69 Å². The number of carbonyl (C=O) groups is 5. The van der Waals surface area contributed by atoms with Gasteiger partial charge in [-0.1, -0.05) is 18.2 Å². The third-order valence-electron chi connectivity index (χ3n) is 10.4. The number of aromatic nitrogens is 1. The van der Waals surface area contributed by atoms with Gasteiger partial charge in [0, 0.05) is 43.7 Å². The number of amides is 4. The molecule has 4 bridgehead atoms. The number of nitrogens with one attached hydrogen (secondary N) is 3. The zero-order valence-corrected chi connectivity index (χ0v) is 26.9. The molecule has 4 aliphatic carbocycles. The molecular formula is C35H41N5O7. The van der Waals surface area contributed by atoms with E-state index in [1.165, 1.54) is 56.0 Å². The quantitative estimate of drug-likeness (QED) is 0.271. The number of nitrogens with zero attached hydrogens (tertiary/aromatic N) is 2. The molecule has 3 N–H and O–H groups in total. The molecule has 0 radical (unpaired) electrons. The number of furan rings is 1. The van der Waals surface area contributed by atoms with Crippen LogP contribution in [0.25, 0.3) is 11.0 Å². The van der Waals surface area contributed by atoms with Crippen molar-refractivity contribution in [2.24, 2.45) is 23.7 Å². The molecule has 3 aromatic rings. The van der Waals surface area contributed by atoms with Crippen LogP contribution in [0.15, 0.2) is 51.8 Å². The number of Topliss-reactive ketones (excluding diaryl/α,β-unsaturated/α-hetero) is 1. The second-order valence-electron chi connectivity index (χ2n) is 13.4. The van der Waals surface area contributed by atoms with Crippen LogP contribution in [0.2, 0.25) is 0 Å². The van der Waals surface area contributed by atoms with Gasteiger partial charge in [-0.05, 0) is 87.3 Å². The SMILES string of the molecule is CNC(=O)C(=O)CC[C@H](NC(=O)c1oc2ccccc2c1C)C(=O)Nc1cccn(CC(=O)N(C)C2C3CC4CC(C3)CC2C4)c1=O. The van der Waals surface area contributed by atoms with Gasteiger partial charge < -0.3 is 29.8 Å². The highest BCUT2D eigenvalue weighted by atomic mass is 16.3. The summed E-state index contributed by atoms with van der Waals surface area (Å²) >= 11 is 0. The van der Waals surface area contributed by atoms with Gasteiger partial charge in [0.15, 0.2) is 5.76 Å². The van der Waals surface area contributed by atoms with E-state index in [1.54, 1.807) is 25.1 Å². The number of hydrogen-bond acceptors (Lipinski definition) is 7. The van der Waals surface area contributed by atoms with Crippen molar-refractivity contribution in [2.75, 3.05) is 19.4 Å². The van der Waals surface area contributed by atoms with E-state index >= 15 is 0 Å². The number of pyridine rings is 1. The lowest BCUT2D eigenvalue weighted by atomic mass is 9.54. The summed E-state index contributed by atoms with van der Waals surface area (Å²) in [6.45, 7) is 1.55. The zero-order chi connectivity index (χ0) is 33.4. The number of ketones is 1. The average molecular weight is 644 g/mol. The maximum absolute atomic E-state index is 13.5. The molecule has 12 nitrogen and oxygen atoms in total. The second-order valence-corrected chi connectivity index (χ2v) is 13.4. The van der Waals surface area contributed by atoms with Crippen molar-refractivity contribution in [3.05, 3.63) is 64.3 Å². The molecule has 0 saturated heterocycles. The molecule has 1 aromatic carbocycles. The van der Waals surface area contributed by atoms with Crippen LogP contribution in [0.1, 0.15) is 61.1 Å². The highest BCUT2D eigenvalue weighted by molar-refractivity contribution is 6.36. The zero-order valence-electron chi connectivity index (χ0n) is 26.9. The largest absolute Gasteiger partial charge is 0.451 e. The first kappa shape index (κ1) is 32.2. The molecule has 4 saturated carbocycles. The Bertz CT molecular complexity index is 1760. The van der Waals surface area contributed by atoms with Gasteiger partial charge in [0.25, 0.3) is 17.4 Å². The predicted octanol–water partition coefficient (Wildman–Crippen LogP) is 3.02. The molecule has 7 rings (SSSR count). The molecule has 0 aliphatic heterocycles. The number of hydrogen-bond donors (Lipinski definition) is 3. The van der Waals surface area contributed by atoms with E-state index in [-0.39, 0.29) is 42.8 Å². The third-order valence-corrected chi connectivity index (χ3v) is 10.4. The van der Waals surface area contributed by atoms with Crippen LogP contribution >= 0.6 is 0 Å². The number of likely N-dealkylation sites (N-methyl/N-ethyl adjacent to an activating group) is 2. The van der Waals surface area contributed by atoms with Gasteiger partial charge in [-0.15, -0.1) is 0 Å². The topological polar surface area (TPSA) is 160 Å². The van der Waals surface area contributed by atoms with Crippen LogP contribution in [-0.4, -0.2) is 65.1 Å². The Balaban J connectivity index is 1.16. The fourth-order valence-corrected chi connectivity index (χ4v) is 8.34. The van der Waals surface area contributed by atoms with Crippen molar-refractivity contribution in [1.29, 1.82) is 0 Å². The van der Waals surface area contributed by atoms with Crippen molar-refractivity contribution < 1.29 is 28.4 Å². The van der Waals surface area contributed by atoms with E-state index in [1.807, 2.05) is 24.1 Å². The smallest absolute Gasteiger partial charge is 0.287 e. The maximum Gasteiger partial charge on any atom is 0.287 e. The number of fused-ring (bicyclic) bond motifs is 1. The fourth-order valence-electron chi connectivity index (χ4n) is 8.34. The number of rotatable bonds is 11. The molecule has 47 heavy (non-hydrogen) atoms. The lowest BCUT2D eigenvalue weighted by Crippen LogP contribution is -2.56. The van der Waals surface area contributed by atoms with Gasteiger partial charge >= 0.3 is 0 Å². The molecule has 12 heteroatoms. The summed E-state index contributed by atoms with van der Waals surface area (Å²) in [4.78, 5) is 79.7. The monoisotopic (exact) mass is 643 g/mol. The summed E-state index contributed by atoms with van der Waals surface area (Å²) in [7, 11) is 3.16. The van der Waals surface area contributed by atoms with Gasteiger partial charge in [-0.25, -0.2) is 0 Å². The van der Waals surface area contributed by atoms with E-state index in [0.717, 1.165) is 17.2 Å². The number of benzene rings is 1. The minimum absolute atomic E-state index is 0.00506. The van der Waals surface area contributed by atoms with Crippen molar-refractivity contribution in [3.63, 3.8) is 0 Å².